The number of phenolic OH excluding ortho intramolecular Hbond substituents is 1. The van der Waals surface area contributed by atoms with E-state index in [4.69, 9.17) is 10.3 Å². The van der Waals surface area contributed by atoms with E-state index in [9.17, 15) is 39.6 Å². The summed E-state index contributed by atoms with van der Waals surface area (Å²) in [5, 5.41) is 50.0. The third kappa shape index (κ3) is 3.94. The van der Waals surface area contributed by atoms with E-state index in [-0.39, 0.29) is 41.9 Å². The van der Waals surface area contributed by atoms with Crippen LogP contribution in [0.3, 0.4) is 0 Å². The number of benzene rings is 2. The Hall–Kier alpha value is -4.81. The Balaban J connectivity index is 1.41. The fraction of sp³-hybridized carbons (Fsp3) is 0.276. The SMILES string of the molecule is NC(=O)C1C(=O)[C@@]2(O)C(O)=C3C(=O)c4c(O)ccc(-c5cccc(NC(=O)c6ccno6)c5)c4C[C@H]3C[C@H]2CC1O. The molecule has 0 saturated heterocycles. The first-order chi connectivity index (χ1) is 19.5. The number of primary amides is 1. The van der Waals surface area contributed by atoms with E-state index < -0.39 is 58.6 Å². The Morgan fingerprint density at radius 1 is 1.10 bits per heavy atom. The zero-order chi connectivity index (χ0) is 29.2. The van der Waals surface area contributed by atoms with Crippen LogP contribution in [0.25, 0.3) is 11.1 Å². The topological polar surface area (TPSA) is 213 Å². The van der Waals surface area contributed by atoms with E-state index in [0.29, 0.717) is 22.4 Å². The van der Waals surface area contributed by atoms with Gasteiger partial charge in [-0.2, -0.15) is 0 Å². The molecule has 12 nitrogen and oxygen atoms in total. The predicted octanol–water partition coefficient (Wildman–Crippen LogP) is 1.65. The Kier molecular flexibility index (Phi) is 6.05. The number of aliphatic hydroxyl groups is 3. The molecular weight excluding hydrogens is 534 g/mol. The fourth-order valence-corrected chi connectivity index (χ4v) is 6.49. The molecule has 3 aliphatic carbocycles. The van der Waals surface area contributed by atoms with E-state index in [1.807, 2.05) is 0 Å². The Morgan fingerprint density at radius 2 is 1.88 bits per heavy atom. The van der Waals surface area contributed by atoms with E-state index in [2.05, 4.69) is 10.5 Å². The molecule has 0 aliphatic heterocycles. The third-order valence-electron chi connectivity index (χ3n) is 8.37. The lowest BCUT2D eigenvalue weighted by Gasteiger charge is -2.48. The number of aromatic hydroxyl groups is 1. The lowest BCUT2D eigenvalue weighted by molar-refractivity contribution is -0.167. The van der Waals surface area contributed by atoms with Crippen molar-refractivity contribution in [2.75, 3.05) is 5.32 Å². The molecule has 0 bridgehead atoms. The van der Waals surface area contributed by atoms with Crippen LogP contribution in [0, 0.1) is 17.8 Å². The number of allylic oxidation sites excluding steroid dienone is 1. The first kappa shape index (κ1) is 26.4. The Bertz CT molecular complexity index is 1660. The van der Waals surface area contributed by atoms with Gasteiger partial charge in [0, 0.05) is 23.2 Å². The number of ketones is 2. The first-order valence-electron chi connectivity index (χ1n) is 12.9. The quantitative estimate of drug-likeness (QED) is 0.254. The van der Waals surface area contributed by atoms with E-state index >= 15 is 0 Å². The molecule has 2 amide bonds. The number of phenols is 1. The first-order valence-corrected chi connectivity index (χ1v) is 12.9. The summed E-state index contributed by atoms with van der Waals surface area (Å²) in [6.45, 7) is 0. The zero-order valence-electron chi connectivity index (χ0n) is 21.4. The normalized spacial score (nSPS) is 27.1. The molecule has 5 atom stereocenters. The number of carbonyl (C=O) groups excluding carboxylic acids is 4. The van der Waals surface area contributed by atoms with Crippen molar-refractivity contribution in [1.82, 2.24) is 5.16 Å². The molecule has 12 heteroatoms. The number of hydrogen-bond acceptors (Lipinski definition) is 10. The second kappa shape index (κ2) is 9.39. The molecule has 3 aromatic rings. The molecule has 41 heavy (non-hydrogen) atoms. The van der Waals surface area contributed by atoms with Crippen LogP contribution in [0.2, 0.25) is 0 Å². The summed E-state index contributed by atoms with van der Waals surface area (Å²) in [6.07, 6.45) is -0.0738. The van der Waals surface area contributed by atoms with E-state index in [0.717, 1.165) is 0 Å². The molecule has 2 aromatic carbocycles. The molecule has 3 aliphatic rings. The monoisotopic (exact) mass is 559 g/mol. The van der Waals surface area contributed by atoms with Gasteiger partial charge in [-0.25, -0.2) is 0 Å². The van der Waals surface area contributed by atoms with Crippen molar-refractivity contribution >= 4 is 29.1 Å². The minimum atomic E-state index is -2.57. The van der Waals surface area contributed by atoms with Gasteiger partial charge in [-0.05, 0) is 60.1 Å². The highest BCUT2D eigenvalue weighted by Crippen LogP contribution is 2.52. The number of anilines is 1. The zero-order valence-corrected chi connectivity index (χ0v) is 21.4. The number of Topliss-reactive ketones (excluding diaryl/α,β-unsaturated/α-hetero) is 2. The lowest BCUT2D eigenvalue weighted by Crippen LogP contribution is -2.63. The van der Waals surface area contributed by atoms with Gasteiger partial charge >= 0.3 is 0 Å². The molecule has 0 radical (unpaired) electrons. The van der Waals surface area contributed by atoms with Crippen LogP contribution in [0.4, 0.5) is 5.69 Å². The number of rotatable bonds is 4. The molecule has 0 spiro atoms. The molecule has 7 N–H and O–H groups in total. The maximum absolute atomic E-state index is 13.8. The maximum Gasteiger partial charge on any atom is 0.294 e. The summed E-state index contributed by atoms with van der Waals surface area (Å²) >= 11 is 0. The van der Waals surface area contributed by atoms with Gasteiger partial charge in [0.2, 0.25) is 11.7 Å². The van der Waals surface area contributed by atoms with E-state index in [1.54, 1.807) is 30.3 Å². The van der Waals surface area contributed by atoms with Gasteiger partial charge in [0.05, 0.1) is 17.9 Å². The van der Waals surface area contributed by atoms with Gasteiger partial charge < -0.3 is 36.0 Å². The summed E-state index contributed by atoms with van der Waals surface area (Å²) in [5.41, 5.74) is 4.56. The summed E-state index contributed by atoms with van der Waals surface area (Å²) in [7, 11) is 0. The van der Waals surface area contributed by atoms with Gasteiger partial charge in [0.15, 0.2) is 17.2 Å². The molecule has 210 valence electrons. The van der Waals surface area contributed by atoms with Crippen LogP contribution in [0.5, 0.6) is 5.75 Å². The predicted molar refractivity (Wildman–Crippen MR) is 141 cm³/mol. The molecule has 1 fully saturated rings. The number of fused-ring (bicyclic) bond motifs is 3. The van der Waals surface area contributed by atoms with Gasteiger partial charge in [0.1, 0.15) is 17.4 Å². The van der Waals surface area contributed by atoms with Crippen LogP contribution >= 0.6 is 0 Å². The van der Waals surface area contributed by atoms with Crippen molar-refractivity contribution in [3.8, 4) is 16.9 Å². The van der Waals surface area contributed by atoms with Crippen LogP contribution < -0.4 is 11.1 Å². The highest BCUT2D eigenvalue weighted by atomic mass is 16.5. The summed E-state index contributed by atoms with van der Waals surface area (Å²) in [6, 6.07) is 11.2. The summed E-state index contributed by atoms with van der Waals surface area (Å²) in [5.74, 6) is -8.13. The minimum absolute atomic E-state index is 0.0212. The fourth-order valence-electron chi connectivity index (χ4n) is 6.49. The number of amides is 2. The average molecular weight is 560 g/mol. The van der Waals surface area contributed by atoms with Gasteiger partial charge in [-0.15, -0.1) is 0 Å². The second-order valence-electron chi connectivity index (χ2n) is 10.6. The van der Waals surface area contributed by atoms with Crippen molar-refractivity contribution < 1.29 is 44.1 Å². The molecule has 1 saturated carbocycles. The van der Waals surface area contributed by atoms with Crippen LogP contribution in [-0.2, 0) is 16.0 Å². The number of nitrogens with one attached hydrogen (secondary N) is 1. The number of carbonyl (C=O) groups is 4. The van der Waals surface area contributed by atoms with Crippen molar-refractivity contribution in [3.63, 3.8) is 0 Å². The van der Waals surface area contributed by atoms with E-state index in [1.165, 1.54) is 18.3 Å². The molecule has 2 unspecified atom stereocenters. The van der Waals surface area contributed by atoms with Crippen molar-refractivity contribution in [3.05, 3.63) is 76.9 Å². The Morgan fingerprint density at radius 3 is 2.59 bits per heavy atom. The Labute approximate surface area is 232 Å². The molecule has 6 rings (SSSR count). The number of aliphatic hydroxyl groups excluding tert-OH is 2. The van der Waals surface area contributed by atoms with Gasteiger partial charge in [0.25, 0.3) is 5.91 Å². The van der Waals surface area contributed by atoms with Gasteiger partial charge in [-0.3, -0.25) is 19.2 Å². The summed E-state index contributed by atoms with van der Waals surface area (Å²) in [4.78, 5) is 51.3. The van der Waals surface area contributed by atoms with Crippen LogP contribution in [0.15, 0.2) is 64.5 Å². The number of nitrogens with zero attached hydrogens (tertiary/aromatic N) is 1. The van der Waals surface area contributed by atoms with Crippen molar-refractivity contribution in [2.45, 2.75) is 31.0 Å². The molecule has 1 heterocycles. The second-order valence-corrected chi connectivity index (χ2v) is 10.6. The number of aromatic nitrogens is 1. The smallest absolute Gasteiger partial charge is 0.294 e. The van der Waals surface area contributed by atoms with Crippen LogP contribution in [-0.4, -0.2) is 60.7 Å². The van der Waals surface area contributed by atoms with Crippen molar-refractivity contribution in [1.29, 1.82) is 0 Å². The van der Waals surface area contributed by atoms with Crippen LogP contribution in [0.1, 0.15) is 39.3 Å². The average Bonchev–Trinajstić information content (AvgIpc) is 3.46. The lowest BCUT2D eigenvalue weighted by atomic mass is 9.57. The minimum Gasteiger partial charge on any atom is -0.508 e. The van der Waals surface area contributed by atoms with Gasteiger partial charge in [-0.1, -0.05) is 23.4 Å². The highest BCUT2D eigenvalue weighted by Gasteiger charge is 2.62. The standard InChI is InChI=1S/C29H25N3O9/c30-27(38)23-19(34)11-14-8-13-10-17-16(12-2-1-3-15(9-12)32-28(39)20-6-7-31-41-20)4-5-18(33)22(17)24(35)21(13)25(36)29(14,40)26(23)37/h1-7,9,13-14,19,23,33-34,36,40H,8,10-11H2,(H2,30,38)(H,32,39)/t13-,14+,19?,23?,29+/m1/s1. The number of nitrogens with two attached hydrogens (primary N) is 1. The molecular formula is C29H25N3O9. The third-order valence-corrected chi connectivity index (χ3v) is 8.37. The largest absolute Gasteiger partial charge is 0.508 e. The highest BCUT2D eigenvalue weighted by molar-refractivity contribution is 6.16. The summed E-state index contributed by atoms with van der Waals surface area (Å²) < 4.78 is 4.89. The number of hydrogen-bond donors (Lipinski definition) is 6. The molecule has 1 aromatic heterocycles. The van der Waals surface area contributed by atoms with Crippen molar-refractivity contribution in [2.24, 2.45) is 23.5 Å². The maximum atomic E-state index is 13.8.